The standard InChI is InChI=1S/C15H17ClN2/c16-13-6-5-11-8-15(10-17,9-12(11)7-13)18-14-3-1-2-4-14/h5-7,14,18H,1-4,8-9H2. The van der Waals surface area contributed by atoms with Gasteiger partial charge >= 0.3 is 0 Å². The van der Waals surface area contributed by atoms with E-state index in [1.165, 1.54) is 36.8 Å². The van der Waals surface area contributed by atoms with Crippen molar-refractivity contribution in [1.82, 2.24) is 5.32 Å². The van der Waals surface area contributed by atoms with E-state index in [9.17, 15) is 5.26 Å². The summed E-state index contributed by atoms with van der Waals surface area (Å²) in [6, 6.07) is 9.03. The molecule has 0 radical (unpaired) electrons. The first-order valence-corrected chi connectivity index (χ1v) is 7.05. The monoisotopic (exact) mass is 260 g/mol. The number of benzene rings is 1. The Labute approximate surface area is 113 Å². The number of fused-ring (bicyclic) bond motifs is 1. The van der Waals surface area contributed by atoms with Crippen LogP contribution in [-0.4, -0.2) is 11.6 Å². The van der Waals surface area contributed by atoms with Crippen molar-refractivity contribution in [2.45, 2.75) is 50.1 Å². The molecule has 3 heteroatoms. The maximum absolute atomic E-state index is 9.57. The highest BCUT2D eigenvalue weighted by Crippen LogP contribution is 2.33. The fraction of sp³-hybridized carbons (Fsp3) is 0.533. The van der Waals surface area contributed by atoms with Gasteiger partial charge < -0.3 is 0 Å². The summed E-state index contributed by atoms with van der Waals surface area (Å²) in [4.78, 5) is 0. The van der Waals surface area contributed by atoms with Gasteiger partial charge in [0.1, 0.15) is 5.54 Å². The summed E-state index contributed by atoms with van der Waals surface area (Å²) in [5.74, 6) is 0. The zero-order valence-corrected chi connectivity index (χ0v) is 11.1. The Balaban J connectivity index is 1.81. The van der Waals surface area contributed by atoms with E-state index >= 15 is 0 Å². The van der Waals surface area contributed by atoms with E-state index in [2.05, 4.69) is 17.5 Å². The predicted octanol–water partition coefficient (Wildman–Crippen LogP) is 3.23. The van der Waals surface area contributed by atoms with Gasteiger partial charge in [-0.3, -0.25) is 5.32 Å². The summed E-state index contributed by atoms with van der Waals surface area (Å²) >= 11 is 6.03. The van der Waals surface area contributed by atoms with Crippen molar-refractivity contribution in [3.63, 3.8) is 0 Å². The number of nitrogens with zero attached hydrogens (tertiary/aromatic N) is 1. The molecule has 0 spiro atoms. The number of hydrogen-bond donors (Lipinski definition) is 1. The summed E-state index contributed by atoms with van der Waals surface area (Å²) in [6.07, 6.45) is 6.60. The second-order valence-corrected chi connectivity index (χ2v) is 6.02. The zero-order valence-electron chi connectivity index (χ0n) is 10.4. The number of hydrogen-bond acceptors (Lipinski definition) is 2. The zero-order chi connectivity index (χ0) is 12.6. The highest BCUT2D eigenvalue weighted by molar-refractivity contribution is 6.30. The molecule has 0 amide bonds. The molecule has 0 heterocycles. The van der Waals surface area contributed by atoms with Crippen molar-refractivity contribution >= 4 is 11.6 Å². The minimum Gasteiger partial charge on any atom is -0.296 e. The Morgan fingerprint density at radius 2 is 1.94 bits per heavy atom. The van der Waals surface area contributed by atoms with E-state index in [0.717, 1.165) is 17.9 Å². The van der Waals surface area contributed by atoms with Crippen LogP contribution in [0, 0.1) is 11.3 Å². The molecule has 1 atom stereocenters. The average molecular weight is 261 g/mol. The van der Waals surface area contributed by atoms with Crippen molar-refractivity contribution in [2.24, 2.45) is 0 Å². The lowest BCUT2D eigenvalue weighted by molar-refractivity contribution is 0.367. The third kappa shape index (κ3) is 2.13. The fourth-order valence-corrected chi connectivity index (χ4v) is 3.51. The van der Waals surface area contributed by atoms with E-state index in [4.69, 9.17) is 11.6 Å². The molecule has 0 aromatic heterocycles. The minimum atomic E-state index is -0.401. The first kappa shape index (κ1) is 12.0. The molecule has 2 aliphatic rings. The van der Waals surface area contributed by atoms with Crippen LogP contribution in [0.25, 0.3) is 0 Å². The van der Waals surface area contributed by atoms with Gasteiger partial charge in [0.05, 0.1) is 6.07 Å². The molecule has 94 valence electrons. The third-order valence-electron chi connectivity index (χ3n) is 4.20. The van der Waals surface area contributed by atoms with Crippen molar-refractivity contribution in [2.75, 3.05) is 0 Å². The summed E-state index contributed by atoms with van der Waals surface area (Å²) < 4.78 is 0. The van der Waals surface area contributed by atoms with Gasteiger partial charge in [0.2, 0.25) is 0 Å². The van der Waals surface area contributed by atoms with Gasteiger partial charge in [-0.25, -0.2) is 0 Å². The molecule has 1 unspecified atom stereocenters. The van der Waals surface area contributed by atoms with Crippen molar-refractivity contribution < 1.29 is 0 Å². The number of halogens is 1. The molecule has 0 saturated heterocycles. The van der Waals surface area contributed by atoms with Crippen LogP contribution in [0.3, 0.4) is 0 Å². The quantitative estimate of drug-likeness (QED) is 0.886. The average Bonchev–Trinajstić information content (AvgIpc) is 2.96. The number of nitriles is 1. The van der Waals surface area contributed by atoms with E-state index < -0.39 is 5.54 Å². The van der Waals surface area contributed by atoms with Crippen LogP contribution in [0.15, 0.2) is 18.2 Å². The smallest absolute Gasteiger partial charge is 0.115 e. The van der Waals surface area contributed by atoms with Crippen LogP contribution < -0.4 is 5.32 Å². The molecular formula is C15H17ClN2. The minimum absolute atomic E-state index is 0.401. The lowest BCUT2D eigenvalue weighted by Crippen LogP contribution is -2.49. The lowest BCUT2D eigenvalue weighted by Gasteiger charge is -2.26. The van der Waals surface area contributed by atoms with Gasteiger partial charge in [0.25, 0.3) is 0 Å². The third-order valence-corrected chi connectivity index (χ3v) is 4.44. The van der Waals surface area contributed by atoms with Crippen LogP contribution >= 0.6 is 11.6 Å². The van der Waals surface area contributed by atoms with Crippen molar-refractivity contribution in [3.05, 3.63) is 34.3 Å². The summed E-state index contributed by atoms with van der Waals surface area (Å²) in [6.45, 7) is 0. The molecular weight excluding hydrogens is 244 g/mol. The van der Waals surface area contributed by atoms with Gasteiger partial charge in [-0.2, -0.15) is 5.26 Å². The molecule has 0 aliphatic heterocycles. The normalized spacial score (nSPS) is 27.1. The van der Waals surface area contributed by atoms with Gasteiger partial charge in [0.15, 0.2) is 0 Å². The van der Waals surface area contributed by atoms with Crippen molar-refractivity contribution in [1.29, 1.82) is 5.26 Å². The van der Waals surface area contributed by atoms with E-state index in [1.807, 2.05) is 12.1 Å². The summed E-state index contributed by atoms with van der Waals surface area (Å²) in [5, 5.41) is 13.9. The second kappa shape index (κ2) is 4.57. The van der Waals surface area contributed by atoms with Gasteiger partial charge in [-0.15, -0.1) is 0 Å². The molecule has 1 fully saturated rings. The summed E-state index contributed by atoms with van der Waals surface area (Å²) in [7, 11) is 0. The number of nitrogens with one attached hydrogen (secondary N) is 1. The molecule has 0 bridgehead atoms. The summed E-state index contributed by atoms with van der Waals surface area (Å²) in [5.41, 5.74) is 2.10. The Hall–Kier alpha value is -1.04. The molecule has 2 aliphatic carbocycles. The maximum Gasteiger partial charge on any atom is 0.115 e. The van der Waals surface area contributed by atoms with E-state index in [0.29, 0.717) is 6.04 Å². The molecule has 3 rings (SSSR count). The topological polar surface area (TPSA) is 35.8 Å². The first-order chi connectivity index (χ1) is 8.71. The number of rotatable bonds is 2. The van der Waals surface area contributed by atoms with Crippen molar-refractivity contribution in [3.8, 4) is 6.07 Å². The predicted molar refractivity (Wildman–Crippen MR) is 72.6 cm³/mol. The fourth-order valence-electron chi connectivity index (χ4n) is 3.32. The molecule has 2 nitrogen and oxygen atoms in total. The Morgan fingerprint density at radius 3 is 2.67 bits per heavy atom. The highest BCUT2D eigenvalue weighted by atomic mass is 35.5. The van der Waals surface area contributed by atoms with E-state index in [1.54, 1.807) is 0 Å². The van der Waals surface area contributed by atoms with Gasteiger partial charge in [-0.1, -0.05) is 30.5 Å². The molecule has 1 saturated carbocycles. The van der Waals surface area contributed by atoms with Crippen LogP contribution in [0.1, 0.15) is 36.8 Å². The largest absolute Gasteiger partial charge is 0.296 e. The SMILES string of the molecule is N#CC1(NC2CCCC2)Cc2ccc(Cl)cc2C1. The van der Waals surface area contributed by atoms with Gasteiger partial charge in [0, 0.05) is 23.9 Å². The van der Waals surface area contributed by atoms with Crippen LogP contribution in [-0.2, 0) is 12.8 Å². The Bertz CT molecular complexity index is 500. The highest BCUT2D eigenvalue weighted by Gasteiger charge is 2.39. The van der Waals surface area contributed by atoms with Crippen LogP contribution in [0.5, 0.6) is 0 Å². The molecule has 1 N–H and O–H groups in total. The molecule has 1 aromatic carbocycles. The second-order valence-electron chi connectivity index (χ2n) is 5.59. The van der Waals surface area contributed by atoms with Crippen LogP contribution in [0.2, 0.25) is 5.02 Å². The Kier molecular flexibility index (Phi) is 3.05. The van der Waals surface area contributed by atoms with Crippen LogP contribution in [0.4, 0.5) is 0 Å². The maximum atomic E-state index is 9.57. The molecule has 18 heavy (non-hydrogen) atoms. The van der Waals surface area contributed by atoms with Gasteiger partial charge in [-0.05, 0) is 36.1 Å². The lowest BCUT2D eigenvalue weighted by atomic mass is 9.96. The molecule has 1 aromatic rings. The van der Waals surface area contributed by atoms with E-state index in [-0.39, 0.29) is 0 Å². The Morgan fingerprint density at radius 1 is 1.22 bits per heavy atom. The first-order valence-electron chi connectivity index (χ1n) is 6.67.